The fraction of sp³-hybridized carbons (Fsp3) is 0.500. The lowest BCUT2D eigenvalue weighted by molar-refractivity contribution is -0.384. The molecule has 1 aliphatic carbocycles. The van der Waals surface area contributed by atoms with Gasteiger partial charge in [0, 0.05) is 24.4 Å². The molecule has 0 amide bonds. The lowest BCUT2D eigenvalue weighted by atomic mass is 10.1. The second kappa shape index (κ2) is 5.85. The first-order valence-electron chi connectivity index (χ1n) is 6.26. The first-order valence-corrected chi connectivity index (χ1v) is 6.26. The number of rotatable bonds is 5. The van der Waals surface area contributed by atoms with Gasteiger partial charge in [-0.15, -0.1) is 0 Å². The number of hydrogen-bond donors (Lipinski definition) is 4. The Balaban J connectivity index is 2.02. The maximum absolute atomic E-state index is 10.8. The highest BCUT2D eigenvalue weighted by Gasteiger charge is 2.22. The number of hydrazine groups is 1. The van der Waals surface area contributed by atoms with Crippen LogP contribution < -0.4 is 16.6 Å². The number of anilines is 2. The molecule has 0 bridgehead atoms. The van der Waals surface area contributed by atoms with Crippen molar-refractivity contribution in [3.63, 3.8) is 0 Å². The van der Waals surface area contributed by atoms with E-state index in [9.17, 15) is 15.2 Å². The highest BCUT2D eigenvalue weighted by atomic mass is 16.6. The molecular weight excluding hydrogens is 248 g/mol. The Kier molecular flexibility index (Phi) is 4.18. The highest BCUT2D eigenvalue weighted by Crippen LogP contribution is 2.27. The lowest BCUT2D eigenvalue weighted by Gasteiger charge is -2.13. The summed E-state index contributed by atoms with van der Waals surface area (Å²) >= 11 is 0. The molecule has 2 unspecified atom stereocenters. The van der Waals surface area contributed by atoms with Crippen LogP contribution in [0, 0.1) is 16.0 Å². The van der Waals surface area contributed by atoms with E-state index in [0.717, 1.165) is 19.3 Å². The predicted molar refractivity (Wildman–Crippen MR) is 72.7 cm³/mol. The minimum Gasteiger partial charge on any atom is -0.393 e. The van der Waals surface area contributed by atoms with Crippen molar-refractivity contribution in [2.45, 2.75) is 25.4 Å². The van der Waals surface area contributed by atoms with Gasteiger partial charge in [-0.05, 0) is 31.2 Å². The predicted octanol–water partition coefficient (Wildman–Crippen LogP) is 1.45. The molecular formula is C12H18N4O3. The van der Waals surface area contributed by atoms with Crippen LogP contribution in [0.2, 0.25) is 0 Å². The van der Waals surface area contributed by atoms with Crippen LogP contribution in [0.4, 0.5) is 17.1 Å². The third-order valence-corrected chi connectivity index (χ3v) is 3.40. The Labute approximate surface area is 110 Å². The van der Waals surface area contributed by atoms with E-state index in [0.29, 0.717) is 23.8 Å². The summed E-state index contributed by atoms with van der Waals surface area (Å²) in [6.07, 6.45) is 2.38. The lowest BCUT2D eigenvalue weighted by Crippen LogP contribution is -2.13. The number of nitro benzene ring substituents is 1. The normalized spacial score (nSPS) is 22.2. The van der Waals surface area contributed by atoms with Crippen LogP contribution in [-0.2, 0) is 0 Å². The molecule has 0 aliphatic heterocycles. The third-order valence-electron chi connectivity index (χ3n) is 3.40. The molecule has 7 nitrogen and oxygen atoms in total. The number of aliphatic hydroxyl groups is 1. The van der Waals surface area contributed by atoms with Gasteiger partial charge in [-0.2, -0.15) is 0 Å². The van der Waals surface area contributed by atoms with Crippen molar-refractivity contribution >= 4 is 17.1 Å². The maximum atomic E-state index is 10.8. The smallest absolute Gasteiger partial charge is 0.273 e. The largest absolute Gasteiger partial charge is 0.393 e. The molecule has 0 saturated heterocycles. The van der Waals surface area contributed by atoms with Gasteiger partial charge in [-0.1, -0.05) is 0 Å². The number of aliphatic hydroxyl groups excluding tert-OH is 1. The molecule has 7 heteroatoms. The average molecular weight is 266 g/mol. The molecule has 19 heavy (non-hydrogen) atoms. The first-order chi connectivity index (χ1) is 9.08. The monoisotopic (exact) mass is 266 g/mol. The number of nitrogens with zero attached hydrogens (tertiary/aromatic N) is 1. The average Bonchev–Trinajstić information content (AvgIpc) is 2.81. The second-order valence-corrected chi connectivity index (χ2v) is 4.88. The number of hydrogen-bond acceptors (Lipinski definition) is 6. The Hall–Kier alpha value is -1.86. The number of nitrogens with two attached hydrogens (primary N) is 1. The molecule has 0 spiro atoms. The van der Waals surface area contributed by atoms with E-state index < -0.39 is 4.92 Å². The van der Waals surface area contributed by atoms with Gasteiger partial charge in [-0.3, -0.25) is 16.0 Å². The number of nitrogens with one attached hydrogen (secondary N) is 2. The topological polar surface area (TPSA) is 113 Å². The van der Waals surface area contributed by atoms with Crippen LogP contribution in [0.1, 0.15) is 19.3 Å². The van der Waals surface area contributed by atoms with E-state index in [1.165, 1.54) is 12.1 Å². The molecule has 1 aromatic rings. The fourth-order valence-corrected chi connectivity index (χ4v) is 2.40. The van der Waals surface area contributed by atoms with Crippen LogP contribution >= 0.6 is 0 Å². The van der Waals surface area contributed by atoms with E-state index in [1.807, 2.05) is 0 Å². The van der Waals surface area contributed by atoms with Gasteiger partial charge in [0.2, 0.25) is 0 Å². The van der Waals surface area contributed by atoms with Crippen LogP contribution in [-0.4, -0.2) is 22.7 Å². The van der Waals surface area contributed by atoms with Gasteiger partial charge in [0.15, 0.2) is 0 Å². The number of nitrogen functional groups attached to an aromatic ring is 1. The zero-order chi connectivity index (χ0) is 13.8. The zero-order valence-electron chi connectivity index (χ0n) is 10.5. The number of nitro groups is 1. The molecule has 0 aromatic heterocycles. The zero-order valence-corrected chi connectivity index (χ0v) is 10.5. The molecule has 5 N–H and O–H groups in total. The molecule has 1 aromatic carbocycles. The van der Waals surface area contributed by atoms with Crippen LogP contribution in [0.3, 0.4) is 0 Å². The summed E-state index contributed by atoms with van der Waals surface area (Å²) in [5.74, 6) is 5.70. The summed E-state index contributed by atoms with van der Waals surface area (Å²) in [4.78, 5) is 10.3. The van der Waals surface area contributed by atoms with Gasteiger partial charge < -0.3 is 15.8 Å². The summed E-state index contributed by atoms with van der Waals surface area (Å²) in [6, 6.07) is 4.58. The van der Waals surface area contributed by atoms with E-state index in [2.05, 4.69) is 10.7 Å². The van der Waals surface area contributed by atoms with Crippen molar-refractivity contribution in [2.75, 3.05) is 17.3 Å². The molecule has 1 saturated carbocycles. The molecule has 2 atom stereocenters. The van der Waals surface area contributed by atoms with E-state index in [4.69, 9.17) is 5.84 Å². The molecule has 0 radical (unpaired) electrons. The quantitative estimate of drug-likeness (QED) is 0.364. The van der Waals surface area contributed by atoms with Gasteiger partial charge in [0.1, 0.15) is 0 Å². The highest BCUT2D eigenvalue weighted by molar-refractivity contribution is 5.63. The molecule has 2 rings (SSSR count). The van der Waals surface area contributed by atoms with Gasteiger partial charge in [0.05, 0.1) is 16.7 Å². The Bertz CT molecular complexity index is 466. The summed E-state index contributed by atoms with van der Waals surface area (Å²) in [5.41, 5.74) is 3.55. The van der Waals surface area contributed by atoms with Gasteiger partial charge >= 0.3 is 0 Å². The maximum Gasteiger partial charge on any atom is 0.273 e. The summed E-state index contributed by atoms with van der Waals surface area (Å²) in [5, 5.41) is 23.4. The van der Waals surface area contributed by atoms with Gasteiger partial charge in [-0.25, -0.2) is 0 Å². The first kappa shape index (κ1) is 13.6. The van der Waals surface area contributed by atoms with Crippen LogP contribution in [0.25, 0.3) is 0 Å². The molecule has 104 valence electrons. The second-order valence-electron chi connectivity index (χ2n) is 4.88. The summed E-state index contributed by atoms with van der Waals surface area (Å²) in [6.45, 7) is 0.697. The van der Waals surface area contributed by atoms with E-state index in [1.54, 1.807) is 6.07 Å². The Morgan fingerprint density at radius 2 is 2.11 bits per heavy atom. The standard InChI is InChI=1S/C12H18N4O3/c13-15-10-4-9(5-11(6-10)16(18)19)14-7-8-1-2-12(17)3-8/h4-6,8,12,14-15,17H,1-3,7,13H2. The van der Waals surface area contributed by atoms with Crippen molar-refractivity contribution in [3.05, 3.63) is 28.3 Å². The van der Waals surface area contributed by atoms with E-state index >= 15 is 0 Å². The van der Waals surface area contributed by atoms with Crippen molar-refractivity contribution < 1.29 is 10.0 Å². The summed E-state index contributed by atoms with van der Waals surface area (Å²) in [7, 11) is 0. The number of non-ortho nitro benzene ring substituents is 1. The SMILES string of the molecule is NNc1cc(NCC2CCC(O)C2)cc([N+](=O)[O-])c1. The fourth-order valence-electron chi connectivity index (χ4n) is 2.40. The summed E-state index contributed by atoms with van der Waals surface area (Å²) < 4.78 is 0. The van der Waals surface area contributed by atoms with Crippen molar-refractivity contribution in [1.29, 1.82) is 0 Å². The van der Waals surface area contributed by atoms with E-state index in [-0.39, 0.29) is 11.8 Å². The van der Waals surface area contributed by atoms with Crippen molar-refractivity contribution in [2.24, 2.45) is 11.8 Å². The minimum atomic E-state index is -0.453. The Morgan fingerprint density at radius 1 is 1.37 bits per heavy atom. The molecule has 1 aliphatic rings. The van der Waals surface area contributed by atoms with Crippen LogP contribution in [0.5, 0.6) is 0 Å². The van der Waals surface area contributed by atoms with Gasteiger partial charge in [0.25, 0.3) is 5.69 Å². The Morgan fingerprint density at radius 3 is 2.68 bits per heavy atom. The van der Waals surface area contributed by atoms with Crippen LogP contribution in [0.15, 0.2) is 18.2 Å². The van der Waals surface area contributed by atoms with Crippen molar-refractivity contribution in [3.8, 4) is 0 Å². The third kappa shape index (κ3) is 3.55. The molecule has 1 fully saturated rings. The van der Waals surface area contributed by atoms with Crippen molar-refractivity contribution in [1.82, 2.24) is 0 Å². The number of benzene rings is 1. The minimum absolute atomic E-state index is 0.00981. The molecule has 0 heterocycles.